The van der Waals surface area contributed by atoms with Crippen LogP contribution in [0, 0.1) is 10.1 Å². The van der Waals surface area contributed by atoms with E-state index in [0.717, 1.165) is 0 Å². The number of anilines is 2. The molecule has 0 bridgehead atoms. The molecule has 8 nitrogen and oxygen atoms in total. The van der Waals surface area contributed by atoms with Gasteiger partial charge in [0.2, 0.25) is 11.7 Å². The Kier molecular flexibility index (Phi) is 4.62. The van der Waals surface area contributed by atoms with E-state index in [2.05, 4.69) is 4.98 Å². The molecule has 0 aliphatic rings. The maximum Gasteiger partial charge on any atom is 0.311 e. The number of nitrogens with zero attached hydrogens (tertiary/aromatic N) is 4. The molecule has 2 N–H and O–H groups in total. The Morgan fingerprint density at radius 2 is 2.11 bits per heavy atom. The fourth-order valence-corrected chi connectivity index (χ4v) is 1.47. The number of likely N-dealkylation sites (N-methyl/N-ethyl adjacent to an activating group) is 2. The van der Waals surface area contributed by atoms with Gasteiger partial charge in [-0.25, -0.2) is 4.98 Å². The number of carbonyl (C=O) groups is 1. The zero-order valence-electron chi connectivity index (χ0n) is 11.2. The van der Waals surface area contributed by atoms with Crippen LogP contribution in [0.3, 0.4) is 0 Å². The van der Waals surface area contributed by atoms with Crippen LogP contribution < -0.4 is 10.6 Å². The van der Waals surface area contributed by atoms with Crippen molar-refractivity contribution in [3.8, 4) is 0 Å². The van der Waals surface area contributed by atoms with Gasteiger partial charge in [0.25, 0.3) is 0 Å². The molecule has 0 radical (unpaired) electrons. The van der Waals surface area contributed by atoms with Gasteiger partial charge in [0, 0.05) is 26.7 Å². The van der Waals surface area contributed by atoms with E-state index < -0.39 is 4.92 Å². The molecule has 19 heavy (non-hydrogen) atoms. The number of carbonyl (C=O) groups excluding carboxylic acids is 1. The topological polar surface area (TPSA) is 106 Å². The molecule has 0 saturated heterocycles. The minimum atomic E-state index is -0.537. The van der Waals surface area contributed by atoms with Crippen LogP contribution in [-0.4, -0.2) is 47.9 Å². The largest absolute Gasteiger partial charge is 0.384 e. The highest BCUT2D eigenvalue weighted by Crippen LogP contribution is 2.26. The van der Waals surface area contributed by atoms with E-state index >= 15 is 0 Å². The van der Waals surface area contributed by atoms with E-state index in [1.807, 2.05) is 0 Å². The van der Waals surface area contributed by atoms with E-state index in [0.29, 0.717) is 6.54 Å². The molecule has 0 aromatic carbocycles. The number of pyridine rings is 1. The molecule has 0 atom stereocenters. The third-order valence-electron chi connectivity index (χ3n) is 2.58. The average molecular weight is 267 g/mol. The van der Waals surface area contributed by atoms with Crippen molar-refractivity contribution >= 4 is 23.2 Å². The van der Waals surface area contributed by atoms with Crippen molar-refractivity contribution in [1.82, 2.24) is 9.88 Å². The normalized spacial score (nSPS) is 10.1. The van der Waals surface area contributed by atoms with Crippen molar-refractivity contribution in [3.63, 3.8) is 0 Å². The molecule has 1 rings (SSSR count). The van der Waals surface area contributed by atoms with E-state index in [9.17, 15) is 14.9 Å². The Morgan fingerprint density at radius 3 is 2.58 bits per heavy atom. The molecule has 1 amide bonds. The van der Waals surface area contributed by atoms with Gasteiger partial charge in [0.1, 0.15) is 5.82 Å². The predicted octanol–water partition coefficient (Wildman–Crippen LogP) is 0.487. The summed E-state index contributed by atoms with van der Waals surface area (Å²) in [5.74, 6) is 0.124. The van der Waals surface area contributed by atoms with Gasteiger partial charge in [0.15, 0.2) is 0 Å². The number of nitrogens with two attached hydrogens (primary N) is 1. The summed E-state index contributed by atoms with van der Waals surface area (Å²) in [4.78, 5) is 29.1. The van der Waals surface area contributed by atoms with E-state index in [4.69, 9.17) is 5.73 Å². The summed E-state index contributed by atoms with van der Waals surface area (Å²) in [6.45, 7) is 2.22. The van der Waals surface area contributed by atoms with Gasteiger partial charge in [-0.15, -0.1) is 0 Å². The maximum absolute atomic E-state index is 11.7. The Bertz CT molecular complexity index is 489. The van der Waals surface area contributed by atoms with Crippen molar-refractivity contribution in [3.05, 3.63) is 22.2 Å². The maximum atomic E-state index is 11.7. The van der Waals surface area contributed by atoms with E-state index in [-0.39, 0.29) is 29.8 Å². The van der Waals surface area contributed by atoms with Crippen LogP contribution in [0.25, 0.3) is 0 Å². The Balaban J connectivity index is 3.13. The third kappa shape index (κ3) is 3.54. The summed E-state index contributed by atoms with van der Waals surface area (Å²) < 4.78 is 0. The van der Waals surface area contributed by atoms with Crippen molar-refractivity contribution in [2.24, 2.45) is 0 Å². The highest BCUT2D eigenvalue weighted by Gasteiger charge is 2.22. The minimum absolute atomic E-state index is 0.0147. The SMILES string of the molecule is CCN(CC(=O)N(C)C)c1nc(N)ccc1[N+](=O)[O-]. The molecule has 0 spiro atoms. The molecule has 0 unspecified atom stereocenters. The van der Waals surface area contributed by atoms with Crippen molar-refractivity contribution in [2.75, 3.05) is 37.8 Å². The lowest BCUT2D eigenvalue weighted by molar-refractivity contribution is -0.384. The standard InChI is InChI=1S/C11H17N5O3/c1-4-15(7-10(17)14(2)3)11-8(16(18)19)5-6-9(12)13-11/h5-6H,4,7H2,1-3H3,(H2,12,13). The number of aromatic nitrogens is 1. The quantitative estimate of drug-likeness (QED) is 0.614. The Labute approximate surface area is 111 Å². The average Bonchev–Trinajstić information content (AvgIpc) is 2.34. The molecule has 0 aliphatic carbocycles. The molecule has 0 fully saturated rings. The zero-order valence-corrected chi connectivity index (χ0v) is 11.2. The smallest absolute Gasteiger partial charge is 0.311 e. The predicted molar refractivity (Wildman–Crippen MR) is 71.9 cm³/mol. The molecule has 8 heteroatoms. The number of nitro groups is 1. The Hall–Kier alpha value is -2.38. The number of rotatable bonds is 5. The first-order valence-corrected chi connectivity index (χ1v) is 5.72. The van der Waals surface area contributed by atoms with Crippen LogP contribution in [0.4, 0.5) is 17.3 Å². The second-order valence-corrected chi connectivity index (χ2v) is 4.14. The summed E-state index contributed by atoms with van der Waals surface area (Å²) in [6, 6.07) is 2.66. The van der Waals surface area contributed by atoms with Gasteiger partial charge >= 0.3 is 5.69 Å². The second-order valence-electron chi connectivity index (χ2n) is 4.14. The monoisotopic (exact) mass is 267 g/mol. The molecule has 1 heterocycles. The highest BCUT2D eigenvalue weighted by atomic mass is 16.6. The number of amides is 1. The van der Waals surface area contributed by atoms with Crippen molar-refractivity contribution < 1.29 is 9.72 Å². The van der Waals surface area contributed by atoms with Gasteiger partial charge < -0.3 is 15.5 Å². The molecule has 1 aromatic rings. The van der Waals surface area contributed by atoms with E-state index in [1.165, 1.54) is 21.9 Å². The summed E-state index contributed by atoms with van der Waals surface area (Å²) in [5, 5.41) is 11.0. The molecule has 1 aromatic heterocycles. The molecular formula is C11H17N5O3. The van der Waals surface area contributed by atoms with Crippen LogP contribution >= 0.6 is 0 Å². The highest BCUT2D eigenvalue weighted by molar-refractivity contribution is 5.81. The van der Waals surface area contributed by atoms with Gasteiger partial charge in [0.05, 0.1) is 11.5 Å². The van der Waals surface area contributed by atoms with Gasteiger partial charge in [-0.05, 0) is 13.0 Å². The fourth-order valence-electron chi connectivity index (χ4n) is 1.47. The number of hydrogen-bond donors (Lipinski definition) is 1. The number of nitrogen functional groups attached to an aromatic ring is 1. The second kappa shape index (κ2) is 5.98. The van der Waals surface area contributed by atoms with Gasteiger partial charge in [-0.2, -0.15) is 0 Å². The zero-order chi connectivity index (χ0) is 14.6. The van der Waals surface area contributed by atoms with Crippen LogP contribution in [0.15, 0.2) is 12.1 Å². The first-order valence-electron chi connectivity index (χ1n) is 5.72. The lowest BCUT2D eigenvalue weighted by atomic mass is 10.3. The van der Waals surface area contributed by atoms with Crippen molar-refractivity contribution in [1.29, 1.82) is 0 Å². The third-order valence-corrected chi connectivity index (χ3v) is 2.58. The molecular weight excluding hydrogens is 250 g/mol. The Morgan fingerprint density at radius 1 is 1.47 bits per heavy atom. The molecule has 104 valence electrons. The van der Waals surface area contributed by atoms with Crippen LogP contribution in [0.5, 0.6) is 0 Å². The van der Waals surface area contributed by atoms with Crippen molar-refractivity contribution in [2.45, 2.75) is 6.92 Å². The first kappa shape index (κ1) is 14.7. The summed E-state index contributed by atoms with van der Waals surface area (Å²) in [6.07, 6.45) is 0. The summed E-state index contributed by atoms with van der Waals surface area (Å²) in [7, 11) is 3.24. The minimum Gasteiger partial charge on any atom is -0.384 e. The van der Waals surface area contributed by atoms with E-state index in [1.54, 1.807) is 21.0 Å². The number of hydrogen-bond acceptors (Lipinski definition) is 6. The van der Waals surface area contributed by atoms with Crippen LogP contribution in [0.1, 0.15) is 6.92 Å². The lowest BCUT2D eigenvalue weighted by Gasteiger charge is -2.23. The van der Waals surface area contributed by atoms with Gasteiger partial charge in [-0.3, -0.25) is 14.9 Å². The van der Waals surface area contributed by atoms with Gasteiger partial charge in [-0.1, -0.05) is 0 Å². The van der Waals surface area contributed by atoms with Crippen LogP contribution in [0.2, 0.25) is 0 Å². The summed E-state index contributed by atoms with van der Waals surface area (Å²) in [5.41, 5.74) is 5.39. The first-order chi connectivity index (χ1) is 8.86. The summed E-state index contributed by atoms with van der Waals surface area (Å²) >= 11 is 0. The molecule has 0 saturated carbocycles. The van der Waals surface area contributed by atoms with Crippen LogP contribution in [-0.2, 0) is 4.79 Å². The fraction of sp³-hybridized carbons (Fsp3) is 0.455. The lowest BCUT2D eigenvalue weighted by Crippen LogP contribution is -2.37. The molecule has 0 aliphatic heterocycles.